The Morgan fingerprint density at radius 1 is 1.17 bits per heavy atom. The molecule has 0 bridgehead atoms. The number of phenols is 1. The highest BCUT2D eigenvalue weighted by atomic mass is 32.2. The zero-order valence-electron chi connectivity index (χ0n) is 8.77. The molecular weight excluding hydrogens is 262 g/mol. The Hall–Kier alpha value is -2.19. The molecule has 2 rings (SSSR count). The normalized spacial score (nSPS) is 11.6. The third kappa shape index (κ3) is 1.87. The maximum absolute atomic E-state index is 11.2. The quantitative estimate of drug-likeness (QED) is 0.486. The van der Waals surface area contributed by atoms with Crippen LogP contribution in [-0.2, 0) is 10.1 Å². The van der Waals surface area contributed by atoms with Crippen LogP contribution in [0.2, 0.25) is 0 Å². The highest BCUT2D eigenvalue weighted by Crippen LogP contribution is 2.36. The van der Waals surface area contributed by atoms with Gasteiger partial charge in [0.2, 0.25) is 0 Å². The fourth-order valence-corrected chi connectivity index (χ4v) is 2.44. The predicted octanol–water partition coefficient (Wildman–Crippen LogP) is 1.70. The predicted molar refractivity (Wildman–Crippen MR) is 62.1 cm³/mol. The van der Waals surface area contributed by atoms with E-state index in [1.165, 1.54) is 12.1 Å². The fourth-order valence-electron chi connectivity index (χ4n) is 1.71. The Morgan fingerprint density at radius 2 is 1.83 bits per heavy atom. The number of aromatic hydroxyl groups is 1. The third-order valence-corrected chi connectivity index (χ3v) is 3.33. The zero-order chi connectivity index (χ0) is 13.5. The Balaban J connectivity index is 3.03. The Kier molecular flexibility index (Phi) is 2.68. The second-order valence-corrected chi connectivity index (χ2v) is 4.90. The van der Waals surface area contributed by atoms with Crippen LogP contribution in [0.15, 0.2) is 35.2 Å². The van der Waals surface area contributed by atoms with Crippen molar-refractivity contribution in [3.63, 3.8) is 0 Å². The molecule has 0 aliphatic rings. The molecule has 2 aromatic rings. The summed E-state index contributed by atoms with van der Waals surface area (Å²) in [5.74, 6) is -0.455. The summed E-state index contributed by atoms with van der Waals surface area (Å²) in [6.07, 6.45) is 0. The van der Waals surface area contributed by atoms with Crippen molar-refractivity contribution in [3.8, 4) is 5.75 Å². The van der Waals surface area contributed by atoms with Crippen LogP contribution in [0.1, 0.15) is 0 Å². The van der Waals surface area contributed by atoms with Crippen molar-refractivity contribution >= 4 is 26.6 Å². The largest absolute Gasteiger partial charge is 0.507 e. The van der Waals surface area contributed by atoms with Gasteiger partial charge in [-0.25, -0.2) is 0 Å². The standard InChI is InChI=1S/C10H7NO6S/c12-8-5-4-7(11(13)14)6-2-1-3-9(10(6)8)18(15,16)17/h1-5,12H,(H,15,16,17). The summed E-state index contributed by atoms with van der Waals surface area (Å²) in [7, 11) is -4.58. The van der Waals surface area contributed by atoms with Gasteiger partial charge in [0.1, 0.15) is 10.6 Å². The lowest BCUT2D eigenvalue weighted by atomic mass is 10.1. The van der Waals surface area contributed by atoms with Crippen molar-refractivity contribution in [3.05, 3.63) is 40.4 Å². The monoisotopic (exact) mass is 269 g/mol. The molecule has 0 atom stereocenters. The van der Waals surface area contributed by atoms with Gasteiger partial charge in [0, 0.05) is 6.07 Å². The average molecular weight is 269 g/mol. The molecule has 2 aromatic carbocycles. The highest BCUT2D eigenvalue weighted by Gasteiger charge is 2.21. The lowest BCUT2D eigenvalue weighted by Gasteiger charge is -2.06. The van der Waals surface area contributed by atoms with Crippen molar-refractivity contribution < 1.29 is 23.0 Å². The van der Waals surface area contributed by atoms with E-state index in [4.69, 9.17) is 4.55 Å². The van der Waals surface area contributed by atoms with E-state index >= 15 is 0 Å². The van der Waals surface area contributed by atoms with Crippen molar-refractivity contribution in [1.82, 2.24) is 0 Å². The number of nitrogens with zero attached hydrogens (tertiary/aromatic N) is 1. The highest BCUT2D eigenvalue weighted by molar-refractivity contribution is 7.86. The number of phenolic OH excluding ortho intramolecular Hbond substituents is 1. The van der Waals surface area contributed by atoms with E-state index < -0.39 is 25.7 Å². The molecular formula is C10H7NO6S. The molecule has 0 aliphatic heterocycles. The molecule has 18 heavy (non-hydrogen) atoms. The molecule has 0 aromatic heterocycles. The first-order valence-corrected chi connectivity index (χ1v) is 6.13. The molecule has 0 saturated heterocycles. The smallest absolute Gasteiger partial charge is 0.295 e. The molecule has 7 nitrogen and oxygen atoms in total. The number of hydrogen-bond donors (Lipinski definition) is 2. The van der Waals surface area contributed by atoms with E-state index in [9.17, 15) is 23.6 Å². The van der Waals surface area contributed by atoms with Crippen molar-refractivity contribution in [2.75, 3.05) is 0 Å². The minimum absolute atomic E-state index is 0.0601. The second-order valence-electron chi connectivity index (χ2n) is 3.51. The van der Waals surface area contributed by atoms with Gasteiger partial charge in [0.05, 0.1) is 15.7 Å². The van der Waals surface area contributed by atoms with Gasteiger partial charge in [0.25, 0.3) is 15.8 Å². The average Bonchev–Trinajstić information content (AvgIpc) is 2.27. The number of nitro benzene ring substituents is 1. The Morgan fingerprint density at radius 3 is 2.39 bits per heavy atom. The first-order valence-electron chi connectivity index (χ1n) is 4.69. The lowest BCUT2D eigenvalue weighted by molar-refractivity contribution is -0.383. The lowest BCUT2D eigenvalue weighted by Crippen LogP contribution is -2.00. The van der Waals surface area contributed by atoms with Gasteiger partial charge in [-0.15, -0.1) is 0 Å². The molecule has 0 spiro atoms. The summed E-state index contributed by atoms with van der Waals surface area (Å²) in [6.45, 7) is 0. The van der Waals surface area contributed by atoms with Gasteiger partial charge >= 0.3 is 0 Å². The van der Waals surface area contributed by atoms with Gasteiger partial charge in [-0.3, -0.25) is 14.7 Å². The van der Waals surface area contributed by atoms with Gasteiger partial charge < -0.3 is 5.11 Å². The number of hydrogen-bond acceptors (Lipinski definition) is 5. The number of nitro groups is 1. The first kappa shape index (κ1) is 12.3. The summed E-state index contributed by atoms with van der Waals surface area (Å²) >= 11 is 0. The SMILES string of the molecule is O=[N+]([O-])c1ccc(O)c2c(S(=O)(=O)O)cccc12. The molecule has 0 fully saturated rings. The molecule has 0 radical (unpaired) electrons. The van der Waals surface area contributed by atoms with E-state index in [0.717, 1.165) is 18.2 Å². The van der Waals surface area contributed by atoms with Crippen LogP contribution in [0.5, 0.6) is 5.75 Å². The Labute approximate surface area is 101 Å². The van der Waals surface area contributed by atoms with Crippen LogP contribution in [0.25, 0.3) is 10.8 Å². The van der Waals surface area contributed by atoms with Crippen molar-refractivity contribution in [1.29, 1.82) is 0 Å². The van der Waals surface area contributed by atoms with Crippen LogP contribution in [0.3, 0.4) is 0 Å². The Bertz CT molecular complexity index is 752. The maximum Gasteiger partial charge on any atom is 0.295 e. The van der Waals surface area contributed by atoms with Crippen LogP contribution < -0.4 is 0 Å². The zero-order valence-corrected chi connectivity index (χ0v) is 9.59. The van der Waals surface area contributed by atoms with Crippen LogP contribution in [-0.4, -0.2) is 23.0 Å². The van der Waals surface area contributed by atoms with E-state index in [-0.39, 0.29) is 16.5 Å². The van der Waals surface area contributed by atoms with Gasteiger partial charge in [-0.1, -0.05) is 6.07 Å². The molecule has 0 aliphatic carbocycles. The van der Waals surface area contributed by atoms with E-state index in [0.29, 0.717) is 0 Å². The summed E-state index contributed by atoms with van der Waals surface area (Å²) in [5.41, 5.74) is -0.353. The van der Waals surface area contributed by atoms with Crippen molar-refractivity contribution in [2.45, 2.75) is 4.90 Å². The van der Waals surface area contributed by atoms with Gasteiger partial charge in [-0.2, -0.15) is 8.42 Å². The number of fused-ring (bicyclic) bond motifs is 1. The molecule has 8 heteroatoms. The van der Waals surface area contributed by atoms with E-state index in [2.05, 4.69) is 0 Å². The molecule has 2 N–H and O–H groups in total. The summed E-state index contributed by atoms with van der Waals surface area (Å²) in [5, 5.41) is 20.1. The number of non-ortho nitro benzene ring substituents is 1. The molecule has 0 unspecified atom stereocenters. The summed E-state index contributed by atoms with van der Waals surface area (Å²) in [4.78, 5) is 9.53. The van der Waals surface area contributed by atoms with E-state index in [1.807, 2.05) is 0 Å². The summed E-state index contributed by atoms with van der Waals surface area (Å²) in [6, 6.07) is 5.67. The van der Waals surface area contributed by atoms with Crippen LogP contribution >= 0.6 is 0 Å². The van der Waals surface area contributed by atoms with Crippen LogP contribution in [0.4, 0.5) is 5.69 Å². The van der Waals surface area contributed by atoms with Gasteiger partial charge in [-0.05, 0) is 18.2 Å². The number of benzene rings is 2. The first-order chi connectivity index (χ1) is 8.32. The molecule has 0 saturated carbocycles. The van der Waals surface area contributed by atoms with Gasteiger partial charge in [0.15, 0.2) is 0 Å². The fraction of sp³-hybridized carbons (Fsp3) is 0. The minimum atomic E-state index is -4.58. The third-order valence-electron chi connectivity index (χ3n) is 2.43. The van der Waals surface area contributed by atoms with E-state index in [1.54, 1.807) is 0 Å². The second kappa shape index (κ2) is 3.93. The van der Waals surface area contributed by atoms with Crippen molar-refractivity contribution in [2.24, 2.45) is 0 Å². The number of rotatable bonds is 2. The molecule has 94 valence electrons. The molecule has 0 amide bonds. The van der Waals surface area contributed by atoms with Crippen LogP contribution in [0, 0.1) is 10.1 Å². The maximum atomic E-state index is 11.2. The summed E-state index contributed by atoms with van der Waals surface area (Å²) < 4.78 is 31.3. The minimum Gasteiger partial charge on any atom is -0.507 e. The topological polar surface area (TPSA) is 118 Å². The molecule has 0 heterocycles.